The molecule has 0 bridgehead atoms. The van der Waals surface area contributed by atoms with Crippen LogP contribution in [0.1, 0.15) is 18.1 Å². The molecule has 18 heavy (non-hydrogen) atoms. The number of methoxy groups -OCH3 is 1. The Morgan fingerprint density at radius 3 is 2.56 bits per heavy atom. The summed E-state index contributed by atoms with van der Waals surface area (Å²) in [6, 6.07) is 4.07. The van der Waals surface area contributed by atoms with Crippen LogP contribution in [0.15, 0.2) is 18.2 Å². The van der Waals surface area contributed by atoms with Crippen molar-refractivity contribution in [1.29, 1.82) is 0 Å². The Labute approximate surface area is 104 Å². The van der Waals surface area contributed by atoms with Crippen molar-refractivity contribution in [3.63, 3.8) is 0 Å². The zero-order chi connectivity index (χ0) is 13.9. The third-order valence-electron chi connectivity index (χ3n) is 2.96. The van der Waals surface area contributed by atoms with Gasteiger partial charge in [0.1, 0.15) is 5.82 Å². The third kappa shape index (κ3) is 2.67. The molecule has 0 fully saturated rings. The van der Waals surface area contributed by atoms with E-state index in [2.05, 4.69) is 4.74 Å². The van der Waals surface area contributed by atoms with E-state index < -0.39 is 23.2 Å². The van der Waals surface area contributed by atoms with Gasteiger partial charge in [0.05, 0.1) is 7.11 Å². The number of hydrogen-bond donors (Lipinski definition) is 1. The van der Waals surface area contributed by atoms with Crippen molar-refractivity contribution in [2.75, 3.05) is 7.11 Å². The summed E-state index contributed by atoms with van der Waals surface area (Å²) >= 11 is 0. The molecule has 0 amide bonds. The van der Waals surface area contributed by atoms with Gasteiger partial charge in [-0.1, -0.05) is 6.07 Å². The summed E-state index contributed by atoms with van der Waals surface area (Å²) in [5, 5.41) is 9.16. The van der Waals surface area contributed by atoms with Crippen LogP contribution in [0.25, 0.3) is 0 Å². The van der Waals surface area contributed by atoms with Crippen molar-refractivity contribution in [2.24, 2.45) is 5.41 Å². The van der Waals surface area contributed by atoms with Crippen molar-refractivity contribution in [3.8, 4) is 0 Å². The fourth-order valence-corrected chi connectivity index (χ4v) is 1.67. The number of rotatable bonds is 4. The molecule has 1 N–H and O–H groups in total. The van der Waals surface area contributed by atoms with Crippen LogP contribution < -0.4 is 0 Å². The van der Waals surface area contributed by atoms with Gasteiger partial charge in [0.25, 0.3) is 0 Å². The van der Waals surface area contributed by atoms with Gasteiger partial charge in [0.2, 0.25) is 0 Å². The Morgan fingerprint density at radius 1 is 1.44 bits per heavy atom. The van der Waals surface area contributed by atoms with Crippen LogP contribution in [-0.4, -0.2) is 24.2 Å². The highest BCUT2D eigenvalue weighted by Crippen LogP contribution is 2.26. The number of carboxylic acid groups (broad SMARTS) is 1. The highest BCUT2D eigenvalue weighted by molar-refractivity contribution is 5.98. The SMILES string of the molecule is COC(=O)C(C)(Cc1cc(F)ccc1C)C(=O)O. The van der Waals surface area contributed by atoms with Crippen LogP contribution in [0.3, 0.4) is 0 Å². The number of benzene rings is 1. The van der Waals surface area contributed by atoms with Gasteiger partial charge < -0.3 is 9.84 Å². The van der Waals surface area contributed by atoms with E-state index in [-0.39, 0.29) is 6.42 Å². The van der Waals surface area contributed by atoms with Crippen molar-refractivity contribution in [3.05, 3.63) is 35.1 Å². The topological polar surface area (TPSA) is 63.6 Å². The maximum absolute atomic E-state index is 13.1. The molecule has 0 aromatic heterocycles. The maximum Gasteiger partial charge on any atom is 0.323 e. The predicted octanol–water partition coefficient (Wildman–Crippen LogP) is 1.94. The fourth-order valence-electron chi connectivity index (χ4n) is 1.67. The molecule has 0 radical (unpaired) electrons. The van der Waals surface area contributed by atoms with Crippen LogP contribution in [0.2, 0.25) is 0 Å². The minimum absolute atomic E-state index is 0.112. The molecular formula is C13H15FO4. The number of hydrogen-bond acceptors (Lipinski definition) is 3. The lowest BCUT2D eigenvalue weighted by Crippen LogP contribution is -2.39. The number of aliphatic carboxylic acids is 1. The van der Waals surface area contributed by atoms with Gasteiger partial charge in [-0.25, -0.2) is 4.39 Å². The van der Waals surface area contributed by atoms with Crippen molar-refractivity contribution in [2.45, 2.75) is 20.3 Å². The Balaban J connectivity index is 3.15. The van der Waals surface area contributed by atoms with Crippen molar-refractivity contribution in [1.82, 2.24) is 0 Å². The van der Waals surface area contributed by atoms with Gasteiger partial charge in [0, 0.05) is 0 Å². The number of halogens is 1. The summed E-state index contributed by atoms with van der Waals surface area (Å²) in [5.74, 6) is -2.61. The minimum atomic E-state index is -1.71. The summed E-state index contributed by atoms with van der Waals surface area (Å²) in [6.07, 6.45) is -0.112. The maximum atomic E-state index is 13.1. The van der Waals surface area contributed by atoms with Crippen LogP contribution in [-0.2, 0) is 20.7 Å². The molecule has 0 aliphatic carbocycles. The highest BCUT2D eigenvalue weighted by Gasteiger charge is 2.43. The molecule has 0 saturated heterocycles. The van der Waals surface area contributed by atoms with Crippen molar-refractivity contribution < 1.29 is 23.8 Å². The van der Waals surface area contributed by atoms with Gasteiger partial charge in [-0.3, -0.25) is 9.59 Å². The van der Waals surface area contributed by atoms with E-state index in [4.69, 9.17) is 5.11 Å². The van der Waals surface area contributed by atoms with E-state index in [0.29, 0.717) is 5.56 Å². The average molecular weight is 254 g/mol. The molecule has 0 saturated carbocycles. The summed E-state index contributed by atoms with van der Waals surface area (Å²) in [7, 11) is 1.13. The first-order valence-electron chi connectivity index (χ1n) is 5.38. The summed E-state index contributed by atoms with van der Waals surface area (Å²) in [6.45, 7) is 3.00. The first kappa shape index (κ1) is 14.2. The highest BCUT2D eigenvalue weighted by atomic mass is 19.1. The zero-order valence-corrected chi connectivity index (χ0v) is 10.5. The Hall–Kier alpha value is -1.91. The second-order valence-corrected chi connectivity index (χ2v) is 4.38. The van der Waals surface area contributed by atoms with Gasteiger partial charge in [-0.15, -0.1) is 0 Å². The molecule has 1 aromatic rings. The van der Waals surface area contributed by atoms with Crippen LogP contribution in [0, 0.1) is 18.2 Å². The van der Waals surface area contributed by atoms with E-state index in [1.807, 2.05) is 0 Å². The van der Waals surface area contributed by atoms with Crippen LogP contribution in [0.4, 0.5) is 4.39 Å². The molecule has 1 rings (SSSR count). The molecule has 0 heterocycles. The molecule has 0 aliphatic rings. The lowest BCUT2D eigenvalue weighted by molar-refractivity contribution is -0.165. The predicted molar refractivity (Wildman–Crippen MR) is 62.6 cm³/mol. The number of aryl methyl sites for hydroxylation is 1. The Kier molecular flexibility index (Phi) is 4.06. The number of ether oxygens (including phenoxy) is 1. The van der Waals surface area contributed by atoms with Gasteiger partial charge >= 0.3 is 11.9 Å². The standard InChI is InChI=1S/C13H15FO4/c1-8-4-5-10(14)6-9(8)7-13(2,11(15)16)12(17)18-3/h4-6H,7H2,1-3H3,(H,15,16). The third-order valence-corrected chi connectivity index (χ3v) is 2.96. The normalized spacial score (nSPS) is 13.8. The number of carbonyl (C=O) groups excluding carboxylic acids is 1. The van der Waals surface area contributed by atoms with Crippen LogP contribution in [0.5, 0.6) is 0 Å². The first-order valence-corrected chi connectivity index (χ1v) is 5.38. The van der Waals surface area contributed by atoms with Crippen molar-refractivity contribution >= 4 is 11.9 Å². The van der Waals surface area contributed by atoms with E-state index in [0.717, 1.165) is 12.7 Å². The Morgan fingerprint density at radius 2 is 2.06 bits per heavy atom. The first-order chi connectivity index (χ1) is 8.31. The molecule has 5 heteroatoms. The molecule has 4 nitrogen and oxygen atoms in total. The largest absolute Gasteiger partial charge is 0.480 e. The lowest BCUT2D eigenvalue weighted by atomic mass is 9.82. The molecular weight excluding hydrogens is 239 g/mol. The molecule has 1 unspecified atom stereocenters. The summed E-state index contributed by atoms with van der Waals surface area (Å²) in [4.78, 5) is 22.8. The van der Waals surface area contributed by atoms with E-state index >= 15 is 0 Å². The minimum Gasteiger partial charge on any atom is -0.480 e. The lowest BCUT2D eigenvalue weighted by Gasteiger charge is -2.22. The average Bonchev–Trinajstić information content (AvgIpc) is 2.32. The van der Waals surface area contributed by atoms with Gasteiger partial charge in [-0.05, 0) is 43.5 Å². The fraction of sp³-hybridized carbons (Fsp3) is 0.385. The molecule has 0 aliphatic heterocycles. The van der Waals surface area contributed by atoms with Crippen LogP contribution >= 0.6 is 0 Å². The van der Waals surface area contributed by atoms with E-state index in [1.165, 1.54) is 19.1 Å². The second-order valence-electron chi connectivity index (χ2n) is 4.38. The van der Waals surface area contributed by atoms with Gasteiger partial charge in [-0.2, -0.15) is 0 Å². The molecule has 1 aromatic carbocycles. The summed E-state index contributed by atoms with van der Waals surface area (Å²) < 4.78 is 17.6. The zero-order valence-electron chi connectivity index (χ0n) is 10.5. The molecule has 98 valence electrons. The van der Waals surface area contributed by atoms with Gasteiger partial charge in [0.15, 0.2) is 5.41 Å². The molecule has 1 atom stereocenters. The molecule has 0 spiro atoms. The quantitative estimate of drug-likeness (QED) is 0.658. The number of esters is 1. The van der Waals surface area contributed by atoms with E-state index in [9.17, 15) is 14.0 Å². The number of carbonyl (C=O) groups is 2. The number of carboxylic acids is 1. The monoisotopic (exact) mass is 254 g/mol. The van der Waals surface area contributed by atoms with E-state index in [1.54, 1.807) is 13.0 Å². The summed E-state index contributed by atoms with van der Waals surface area (Å²) in [5.41, 5.74) is -0.508. The second kappa shape index (κ2) is 5.16. The smallest absolute Gasteiger partial charge is 0.323 e. The Bertz CT molecular complexity index is 484.